The van der Waals surface area contributed by atoms with Gasteiger partial charge >= 0.3 is 12.2 Å². The van der Waals surface area contributed by atoms with Crippen molar-refractivity contribution in [2.75, 3.05) is 38.4 Å². The molecule has 0 bridgehead atoms. The van der Waals surface area contributed by atoms with Gasteiger partial charge in [0.1, 0.15) is 34.5 Å². The lowest BCUT2D eigenvalue weighted by atomic mass is 9.97. The van der Waals surface area contributed by atoms with Gasteiger partial charge in [-0.3, -0.25) is 9.62 Å². The number of tetrazole rings is 1. The van der Waals surface area contributed by atoms with Gasteiger partial charge in [0.2, 0.25) is 25.9 Å². The van der Waals surface area contributed by atoms with Crippen molar-refractivity contribution in [3.05, 3.63) is 105 Å². The number of anilines is 1. The third kappa shape index (κ3) is 13.4. The summed E-state index contributed by atoms with van der Waals surface area (Å²) in [5, 5.41) is 13.1. The first-order valence-electron chi connectivity index (χ1n) is 20.4. The van der Waals surface area contributed by atoms with Gasteiger partial charge in [-0.15, -0.1) is 10.2 Å². The second-order valence-corrected chi connectivity index (χ2v) is 21.8. The normalized spacial score (nSPS) is 12.6. The molecule has 0 aliphatic carbocycles. The Kier molecular flexibility index (Phi) is 16.5. The number of primary amides is 1. The van der Waals surface area contributed by atoms with Gasteiger partial charge in [-0.2, -0.15) is 9.10 Å². The Hall–Kier alpha value is -5.72. The molecule has 0 saturated heterocycles. The zero-order valence-corrected chi connectivity index (χ0v) is 41.9. The van der Waals surface area contributed by atoms with Crippen LogP contribution in [0.15, 0.2) is 89.8 Å². The van der Waals surface area contributed by atoms with E-state index in [-0.39, 0.29) is 36.7 Å². The van der Waals surface area contributed by atoms with Crippen LogP contribution in [-0.4, -0.2) is 109 Å². The second-order valence-electron chi connectivity index (χ2n) is 17.0. The van der Waals surface area contributed by atoms with Crippen LogP contribution >= 0.6 is 22.6 Å². The number of nitrogens with two attached hydrogens (primary N) is 1. The summed E-state index contributed by atoms with van der Waals surface area (Å²) < 4.78 is 90.2. The molecule has 0 aliphatic heterocycles. The predicted octanol–water partition coefficient (Wildman–Crippen LogP) is 6.65. The quantitative estimate of drug-likeness (QED) is 0.0824. The van der Waals surface area contributed by atoms with Gasteiger partial charge in [-0.05, 0) is 135 Å². The van der Waals surface area contributed by atoms with Gasteiger partial charge in [-0.1, -0.05) is 36.4 Å². The predicted molar refractivity (Wildman–Crippen MR) is 255 cm³/mol. The molecule has 1 heterocycles. The molecule has 1 atom stereocenters. The molecule has 22 heteroatoms. The van der Waals surface area contributed by atoms with Crippen molar-refractivity contribution in [2.24, 2.45) is 5.73 Å². The number of aromatic nitrogens is 4. The van der Waals surface area contributed by atoms with E-state index in [2.05, 4.69) is 20.1 Å². The van der Waals surface area contributed by atoms with E-state index in [1.165, 1.54) is 40.4 Å². The number of methoxy groups -OCH3 is 3. The van der Waals surface area contributed by atoms with E-state index in [4.69, 9.17) is 29.4 Å². The highest BCUT2D eigenvalue weighted by atomic mass is 127. The molecule has 356 valence electrons. The van der Waals surface area contributed by atoms with Gasteiger partial charge < -0.3 is 29.4 Å². The Morgan fingerprint density at radius 2 is 1.24 bits per heavy atom. The van der Waals surface area contributed by atoms with Crippen LogP contribution in [0.4, 0.5) is 15.3 Å². The summed E-state index contributed by atoms with van der Waals surface area (Å²) in [6.07, 6.45) is -3.74. The fraction of sp³-hybridized carbons (Fsp3) is 0.386. The van der Waals surface area contributed by atoms with E-state index in [0.29, 0.717) is 31.9 Å². The summed E-state index contributed by atoms with van der Waals surface area (Å²) in [7, 11) is -4.86. The number of sulfonamides is 2. The Labute approximate surface area is 399 Å². The number of hydrogen-bond donors (Lipinski definition) is 2. The summed E-state index contributed by atoms with van der Waals surface area (Å²) in [4.78, 5) is 27.7. The minimum Gasteiger partial charge on any atom is -0.497 e. The molecular formula is C44H55IN8O11S2. The van der Waals surface area contributed by atoms with Crippen LogP contribution in [0.25, 0.3) is 11.4 Å². The summed E-state index contributed by atoms with van der Waals surface area (Å²) >= 11 is 1.93. The number of amides is 2. The molecular weight excluding hydrogens is 1010 g/mol. The Morgan fingerprint density at radius 3 is 1.70 bits per heavy atom. The summed E-state index contributed by atoms with van der Waals surface area (Å²) in [5.74, 6) is 0.637. The molecule has 5 aromatic rings. The number of nitrogens with one attached hydrogen (secondary N) is 1. The minimum atomic E-state index is -4.77. The lowest BCUT2D eigenvalue weighted by Gasteiger charge is -2.44. The van der Waals surface area contributed by atoms with Crippen LogP contribution in [0.1, 0.15) is 58.2 Å². The van der Waals surface area contributed by atoms with Gasteiger partial charge in [0.15, 0.2) is 6.10 Å². The fourth-order valence-electron chi connectivity index (χ4n) is 7.16. The molecule has 1 aromatic heterocycles. The standard InChI is InChI=1S/C44H55IN8O11S2/c1-43(2,3)53(44(4,5)6)42(55)63-27-35(64-41(46)54)28-65(56,57)49-37-23-22-36(45)38(40-47-50-52(48-40)26-31-14-20-34(62-9)21-15-31)39(37)66(58,59)51(24-29-10-16-32(60-7)17-11-29)25-30-12-18-33(61-8)19-13-30/h10-23,35,49H,24-28H2,1-9H3,(H2,46,54)/t35-/m0/s1. The van der Waals surface area contributed by atoms with Gasteiger partial charge in [0.05, 0.1) is 39.1 Å². The lowest BCUT2D eigenvalue weighted by Crippen LogP contribution is -2.56. The first kappa shape index (κ1) is 51.3. The average molecular weight is 1060 g/mol. The molecule has 0 radical (unpaired) electrons. The minimum absolute atomic E-state index is 0.0467. The van der Waals surface area contributed by atoms with Crippen LogP contribution < -0.4 is 24.7 Å². The highest BCUT2D eigenvalue weighted by Crippen LogP contribution is 2.39. The van der Waals surface area contributed by atoms with Crippen molar-refractivity contribution in [3.63, 3.8) is 0 Å². The third-order valence-electron chi connectivity index (χ3n) is 9.77. The number of carbonyl (C=O) groups is 2. The van der Waals surface area contributed by atoms with E-state index in [1.54, 1.807) is 109 Å². The van der Waals surface area contributed by atoms with Crippen molar-refractivity contribution in [2.45, 2.75) is 83.3 Å². The maximum atomic E-state index is 15.6. The maximum Gasteiger partial charge on any atom is 0.410 e. The van der Waals surface area contributed by atoms with Crippen molar-refractivity contribution >= 4 is 60.5 Å². The summed E-state index contributed by atoms with van der Waals surface area (Å²) in [5.41, 5.74) is 5.47. The van der Waals surface area contributed by atoms with Crippen molar-refractivity contribution in [1.29, 1.82) is 0 Å². The molecule has 0 unspecified atom stereocenters. The number of benzene rings is 4. The fourth-order valence-corrected chi connectivity index (χ4v) is 11.1. The number of nitrogens with zero attached hydrogens (tertiary/aromatic N) is 6. The van der Waals surface area contributed by atoms with Gasteiger partial charge in [-0.25, -0.2) is 26.4 Å². The smallest absolute Gasteiger partial charge is 0.410 e. The van der Waals surface area contributed by atoms with Gasteiger partial charge in [0.25, 0.3) is 0 Å². The SMILES string of the molecule is COc1ccc(CN(Cc2ccc(OC)cc2)S(=O)(=O)c2c(NS(=O)(=O)C[C@H](COC(=O)N(C(C)(C)C)C(C)(C)C)OC(N)=O)ccc(I)c2-c2nnn(Cc3ccc(OC)cc3)n2)cc1. The van der Waals surface area contributed by atoms with Crippen molar-refractivity contribution in [1.82, 2.24) is 29.4 Å². The number of halogens is 1. The Morgan fingerprint density at radius 1 is 0.758 bits per heavy atom. The zero-order chi connectivity index (χ0) is 48.6. The number of rotatable bonds is 19. The van der Waals surface area contributed by atoms with E-state index >= 15 is 8.42 Å². The summed E-state index contributed by atoms with van der Waals surface area (Å²) in [6, 6.07) is 23.6. The largest absolute Gasteiger partial charge is 0.497 e. The molecule has 0 aliphatic rings. The van der Waals surface area contributed by atoms with E-state index in [0.717, 1.165) is 5.56 Å². The molecule has 3 N–H and O–H groups in total. The molecule has 19 nitrogen and oxygen atoms in total. The number of ether oxygens (including phenoxy) is 5. The third-order valence-corrected chi connectivity index (χ3v) is 13.9. The Bertz CT molecular complexity index is 2630. The molecule has 0 spiro atoms. The molecule has 0 fully saturated rings. The highest BCUT2D eigenvalue weighted by molar-refractivity contribution is 14.1. The average Bonchev–Trinajstić information content (AvgIpc) is 3.70. The van der Waals surface area contributed by atoms with Crippen LogP contribution in [0.3, 0.4) is 0 Å². The van der Waals surface area contributed by atoms with Crippen LogP contribution in [0.2, 0.25) is 0 Å². The second kappa shape index (κ2) is 21.3. The molecule has 2 amide bonds. The molecule has 66 heavy (non-hydrogen) atoms. The first-order valence-corrected chi connectivity index (χ1v) is 24.5. The number of carbonyl (C=O) groups excluding carboxylic acids is 2. The van der Waals surface area contributed by atoms with Crippen molar-refractivity contribution in [3.8, 4) is 28.6 Å². The highest BCUT2D eigenvalue weighted by Gasteiger charge is 2.39. The van der Waals surface area contributed by atoms with Crippen LogP contribution in [-0.2, 0) is 49.2 Å². The van der Waals surface area contributed by atoms with Crippen LogP contribution in [0, 0.1) is 3.57 Å². The van der Waals surface area contributed by atoms with E-state index in [1.807, 2.05) is 34.7 Å². The maximum absolute atomic E-state index is 15.6. The lowest BCUT2D eigenvalue weighted by molar-refractivity contribution is -0.000151. The molecule has 0 saturated carbocycles. The Balaban J connectivity index is 1.62. The first-order chi connectivity index (χ1) is 30.9. The monoisotopic (exact) mass is 1060 g/mol. The molecule has 4 aromatic carbocycles. The van der Waals surface area contributed by atoms with Crippen molar-refractivity contribution < 1.29 is 50.1 Å². The molecule has 5 rings (SSSR count). The van der Waals surface area contributed by atoms with E-state index < -0.39 is 66.7 Å². The van der Waals surface area contributed by atoms with Gasteiger partial charge in [0, 0.05) is 27.7 Å². The zero-order valence-electron chi connectivity index (χ0n) is 38.1. The van der Waals surface area contributed by atoms with E-state index in [9.17, 15) is 18.0 Å². The van der Waals surface area contributed by atoms with Crippen LogP contribution in [0.5, 0.6) is 17.2 Å². The number of hydrogen-bond acceptors (Lipinski definition) is 14. The topological polar surface area (TPSA) is 237 Å². The summed E-state index contributed by atoms with van der Waals surface area (Å²) in [6.45, 7) is 9.93.